The molecule has 0 radical (unpaired) electrons. The highest BCUT2D eigenvalue weighted by atomic mass is 32.1. The second-order valence-corrected chi connectivity index (χ2v) is 3.15. The van der Waals surface area contributed by atoms with Crippen molar-refractivity contribution in [1.29, 1.82) is 0 Å². The normalized spacial score (nSPS) is 10.7. The Morgan fingerprint density at radius 1 is 1.33 bits per heavy atom. The van der Waals surface area contributed by atoms with Gasteiger partial charge in [-0.2, -0.15) is 25.8 Å². The van der Waals surface area contributed by atoms with Crippen LogP contribution in [0.2, 0.25) is 0 Å². The van der Waals surface area contributed by atoms with Crippen LogP contribution in [0.15, 0.2) is 18.3 Å². The van der Waals surface area contributed by atoms with Crippen LogP contribution in [0.1, 0.15) is 17.7 Å². The molecule has 1 aromatic heterocycles. The third-order valence-corrected chi connectivity index (χ3v) is 1.75. The number of thiol groups is 1. The molecular formula is C10H8F3NS. The van der Waals surface area contributed by atoms with Crippen LogP contribution >= 0.6 is 12.6 Å². The van der Waals surface area contributed by atoms with Gasteiger partial charge in [-0.25, -0.2) is 0 Å². The molecule has 0 unspecified atom stereocenters. The molecule has 0 aliphatic heterocycles. The maximum absolute atomic E-state index is 12.1. The van der Waals surface area contributed by atoms with Crippen LogP contribution in [0.5, 0.6) is 0 Å². The largest absolute Gasteiger partial charge is 0.433 e. The second-order valence-electron chi connectivity index (χ2n) is 2.71. The van der Waals surface area contributed by atoms with Crippen molar-refractivity contribution in [2.45, 2.75) is 12.6 Å². The number of pyridine rings is 1. The van der Waals surface area contributed by atoms with Gasteiger partial charge in [-0.3, -0.25) is 4.98 Å². The highest BCUT2D eigenvalue weighted by Gasteiger charge is 2.31. The first-order valence-corrected chi connectivity index (χ1v) is 4.80. The summed E-state index contributed by atoms with van der Waals surface area (Å²) in [6.07, 6.45) is -2.67. The summed E-state index contributed by atoms with van der Waals surface area (Å²) in [5.41, 5.74) is -0.424. The van der Waals surface area contributed by atoms with Crippen molar-refractivity contribution in [3.8, 4) is 11.8 Å². The predicted molar refractivity (Wildman–Crippen MR) is 54.6 cm³/mol. The average Bonchev–Trinajstić information content (AvgIpc) is 2.18. The van der Waals surface area contributed by atoms with E-state index in [9.17, 15) is 13.2 Å². The molecule has 15 heavy (non-hydrogen) atoms. The lowest BCUT2D eigenvalue weighted by Crippen LogP contribution is -2.07. The van der Waals surface area contributed by atoms with Gasteiger partial charge in [0, 0.05) is 23.9 Å². The van der Waals surface area contributed by atoms with Gasteiger partial charge in [0.1, 0.15) is 5.69 Å². The Labute approximate surface area is 91.1 Å². The lowest BCUT2D eigenvalue weighted by molar-refractivity contribution is -0.141. The van der Waals surface area contributed by atoms with Crippen molar-refractivity contribution in [2.75, 3.05) is 5.75 Å². The number of hydrogen-bond donors (Lipinski definition) is 1. The van der Waals surface area contributed by atoms with E-state index >= 15 is 0 Å². The average molecular weight is 231 g/mol. The maximum Gasteiger partial charge on any atom is 0.433 e. The molecule has 80 valence electrons. The molecular weight excluding hydrogens is 223 g/mol. The standard InChI is InChI=1S/C10H8F3NS/c11-10(12,13)9-5-4-8(7-14-9)3-1-2-6-15/h4-5,7,15H,2,6H2. The van der Waals surface area contributed by atoms with Crippen LogP contribution in [0.25, 0.3) is 0 Å². The summed E-state index contributed by atoms with van der Waals surface area (Å²) in [7, 11) is 0. The fourth-order valence-electron chi connectivity index (χ4n) is 0.856. The summed E-state index contributed by atoms with van der Waals surface area (Å²) < 4.78 is 36.4. The molecule has 0 spiro atoms. The van der Waals surface area contributed by atoms with E-state index in [1.165, 1.54) is 6.07 Å². The van der Waals surface area contributed by atoms with Gasteiger partial charge >= 0.3 is 6.18 Å². The van der Waals surface area contributed by atoms with Crippen molar-refractivity contribution >= 4 is 12.6 Å². The predicted octanol–water partition coefficient (Wildman–Crippen LogP) is 2.77. The van der Waals surface area contributed by atoms with Gasteiger partial charge in [-0.05, 0) is 12.1 Å². The molecule has 0 aliphatic carbocycles. The van der Waals surface area contributed by atoms with Crippen LogP contribution in [0.4, 0.5) is 13.2 Å². The molecule has 0 aliphatic rings. The summed E-state index contributed by atoms with van der Waals surface area (Å²) in [5, 5.41) is 0. The van der Waals surface area contributed by atoms with Crippen molar-refractivity contribution in [1.82, 2.24) is 4.98 Å². The maximum atomic E-state index is 12.1. The first kappa shape index (κ1) is 11.9. The molecule has 0 bridgehead atoms. The Morgan fingerprint density at radius 3 is 2.53 bits per heavy atom. The first-order valence-electron chi connectivity index (χ1n) is 4.17. The van der Waals surface area contributed by atoms with Crippen molar-refractivity contribution in [3.05, 3.63) is 29.6 Å². The van der Waals surface area contributed by atoms with Gasteiger partial charge in [0.2, 0.25) is 0 Å². The fourth-order valence-corrected chi connectivity index (χ4v) is 0.968. The zero-order valence-corrected chi connectivity index (χ0v) is 8.57. The molecule has 0 fully saturated rings. The minimum absolute atomic E-state index is 0.477. The monoisotopic (exact) mass is 231 g/mol. The van der Waals surface area contributed by atoms with Gasteiger partial charge in [-0.1, -0.05) is 11.8 Å². The van der Waals surface area contributed by atoms with Crippen molar-refractivity contribution < 1.29 is 13.2 Å². The number of hydrogen-bond acceptors (Lipinski definition) is 2. The number of alkyl halides is 3. The van der Waals surface area contributed by atoms with Gasteiger partial charge in [-0.15, -0.1) is 0 Å². The summed E-state index contributed by atoms with van der Waals surface area (Å²) in [5.74, 6) is 6.08. The van der Waals surface area contributed by atoms with E-state index in [4.69, 9.17) is 0 Å². The highest BCUT2D eigenvalue weighted by Crippen LogP contribution is 2.26. The molecule has 0 saturated heterocycles. The number of aromatic nitrogens is 1. The van der Waals surface area contributed by atoms with E-state index in [0.29, 0.717) is 17.7 Å². The SMILES string of the molecule is FC(F)(F)c1ccc(C#CCCS)cn1. The van der Waals surface area contributed by atoms with E-state index in [-0.39, 0.29) is 0 Å². The van der Waals surface area contributed by atoms with Gasteiger partial charge in [0.05, 0.1) is 0 Å². The van der Waals surface area contributed by atoms with Crippen molar-refractivity contribution in [3.63, 3.8) is 0 Å². The molecule has 5 heteroatoms. The summed E-state index contributed by atoms with van der Waals surface area (Å²) >= 11 is 3.95. The second kappa shape index (κ2) is 5.08. The fraction of sp³-hybridized carbons (Fsp3) is 0.300. The summed E-state index contributed by atoms with van der Waals surface area (Å²) in [4.78, 5) is 3.28. The minimum atomic E-state index is -4.39. The molecule has 0 amide bonds. The van der Waals surface area contributed by atoms with Crippen LogP contribution in [-0.2, 0) is 6.18 Å². The Kier molecular flexibility index (Phi) is 4.04. The van der Waals surface area contributed by atoms with Crippen LogP contribution in [-0.4, -0.2) is 10.7 Å². The summed E-state index contributed by atoms with van der Waals surface area (Å²) in [6.45, 7) is 0. The Hall–Kier alpha value is -1.15. The van der Waals surface area contributed by atoms with Crippen LogP contribution < -0.4 is 0 Å². The third-order valence-electron chi connectivity index (χ3n) is 1.52. The number of nitrogens with zero attached hydrogens (tertiary/aromatic N) is 1. The summed E-state index contributed by atoms with van der Waals surface area (Å²) in [6, 6.07) is 2.23. The van der Waals surface area contributed by atoms with E-state index < -0.39 is 11.9 Å². The van der Waals surface area contributed by atoms with Gasteiger partial charge in [0.25, 0.3) is 0 Å². The molecule has 0 atom stereocenters. The Balaban J connectivity index is 2.79. The first-order chi connectivity index (χ1) is 7.04. The molecule has 1 nitrogen and oxygen atoms in total. The highest BCUT2D eigenvalue weighted by molar-refractivity contribution is 7.80. The van der Waals surface area contributed by atoms with E-state index in [1.54, 1.807) is 0 Å². The lowest BCUT2D eigenvalue weighted by Gasteiger charge is -2.03. The van der Waals surface area contributed by atoms with Crippen LogP contribution in [0.3, 0.4) is 0 Å². The third kappa shape index (κ3) is 3.84. The lowest BCUT2D eigenvalue weighted by atomic mass is 10.2. The number of halogens is 3. The van der Waals surface area contributed by atoms with Crippen LogP contribution in [0, 0.1) is 11.8 Å². The van der Waals surface area contributed by atoms with E-state index in [1.807, 2.05) is 0 Å². The van der Waals surface area contributed by atoms with Crippen molar-refractivity contribution in [2.24, 2.45) is 0 Å². The molecule has 1 aromatic rings. The van der Waals surface area contributed by atoms with E-state index in [2.05, 4.69) is 29.5 Å². The van der Waals surface area contributed by atoms with E-state index in [0.717, 1.165) is 12.3 Å². The quantitative estimate of drug-likeness (QED) is 0.579. The number of rotatable bonds is 1. The Morgan fingerprint density at radius 2 is 2.07 bits per heavy atom. The minimum Gasteiger partial charge on any atom is -0.250 e. The molecule has 0 N–H and O–H groups in total. The van der Waals surface area contributed by atoms with Gasteiger partial charge in [0.15, 0.2) is 0 Å². The Bertz CT molecular complexity index is 372. The molecule has 0 aromatic carbocycles. The zero-order valence-electron chi connectivity index (χ0n) is 7.67. The zero-order chi connectivity index (χ0) is 11.3. The molecule has 0 saturated carbocycles. The molecule has 1 rings (SSSR count). The topological polar surface area (TPSA) is 12.9 Å². The molecule has 1 heterocycles. The van der Waals surface area contributed by atoms with Gasteiger partial charge < -0.3 is 0 Å². The smallest absolute Gasteiger partial charge is 0.250 e.